The van der Waals surface area contributed by atoms with Crippen LogP contribution in [0, 0.1) is 0 Å². The van der Waals surface area contributed by atoms with Crippen molar-refractivity contribution in [2.75, 3.05) is 0 Å². The lowest BCUT2D eigenvalue weighted by Crippen LogP contribution is -2.16. The second kappa shape index (κ2) is 11.4. The Morgan fingerprint density at radius 2 is 1.41 bits per heavy atom. The van der Waals surface area contributed by atoms with Crippen LogP contribution >= 0.6 is 8.15 Å². The molecule has 5 aromatic carbocycles. The summed E-state index contributed by atoms with van der Waals surface area (Å²) in [5, 5.41) is 14.8. The summed E-state index contributed by atoms with van der Waals surface area (Å²) in [6.07, 6.45) is 4.13. The van der Waals surface area contributed by atoms with Crippen LogP contribution in [-0.2, 0) is 6.61 Å². The van der Waals surface area contributed by atoms with E-state index in [-0.39, 0.29) is 6.61 Å². The van der Waals surface area contributed by atoms with Crippen LogP contribution in [0.4, 0.5) is 0 Å². The van der Waals surface area contributed by atoms with Gasteiger partial charge in [-0.25, -0.2) is 0 Å². The molecule has 0 radical (unpaired) electrons. The Morgan fingerprint density at radius 1 is 0.811 bits per heavy atom. The van der Waals surface area contributed by atoms with Crippen molar-refractivity contribution in [1.82, 2.24) is 0 Å². The first kappa shape index (κ1) is 24.7. The van der Waals surface area contributed by atoms with Gasteiger partial charge in [0, 0.05) is 21.7 Å². The summed E-state index contributed by atoms with van der Waals surface area (Å²) in [7, 11) is -1.19. The summed E-state index contributed by atoms with van der Waals surface area (Å²) in [5.41, 5.74) is 4.66. The highest BCUT2D eigenvalue weighted by Crippen LogP contribution is 2.46. The third-order valence-electron chi connectivity index (χ3n) is 6.35. The topological polar surface area (TPSA) is 29.5 Å². The molecule has 1 N–H and O–H groups in total. The number of fused-ring (bicyclic) bond motifs is 1. The quantitative estimate of drug-likeness (QED) is 0.220. The van der Waals surface area contributed by atoms with Crippen molar-refractivity contribution in [3.05, 3.63) is 150 Å². The van der Waals surface area contributed by atoms with E-state index in [2.05, 4.69) is 61.2 Å². The molecular formula is C34H29O2P. The van der Waals surface area contributed by atoms with Gasteiger partial charge in [0.25, 0.3) is 0 Å². The monoisotopic (exact) mass is 500 g/mol. The fraction of sp³-hybridized carbons (Fsp3) is 0.0588. The molecule has 0 unspecified atom stereocenters. The van der Waals surface area contributed by atoms with Crippen LogP contribution in [-0.4, -0.2) is 5.11 Å². The molecular weight excluding hydrogens is 471 g/mol. The number of benzene rings is 5. The Labute approximate surface area is 220 Å². The van der Waals surface area contributed by atoms with Crippen molar-refractivity contribution in [3.8, 4) is 5.75 Å². The van der Waals surface area contributed by atoms with Crippen LogP contribution in [0.1, 0.15) is 29.2 Å². The molecule has 0 saturated heterocycles. The number of hydrogen-bond donors (Lipinski definition) is 1. The molecule has 2 nitrogen and oxygen atoms in total. The van der Waals surface area contributed by atoms with Crippen LogP contribution in [0.15, 0.2) is 128 Å². The van der Waals surface area contributed by atoms with Crippen LogP contribution < -0.4 is 15.1 Å². The summed E-state index contributed by atoms with van der Waals surface area (Å²) in [4.78, 5) is 0. The van der Waals surface area contributed by atoms with Crippen molar-refractivity contribution in [3.63, 3.8) is 0 Å². The van der Waals surface area contributed by atoms with E-state index in [1.807, 2.05) is 79.7 Å². The average molecular weight is 501 g/mol. The van der Waals surface area contributed by atoms with Crippen LogP contribution in [0.2, 0.25) is 0 Å². The molecule has 0 saturated carbocycles. The third-order valence-corrected chi connectivity index (χ3v) is 8.25. The second-order valence-corrected chi connectivity index (χ2v) is 10.5. The Kier molecular flexibility index (Phi) is 7.61. The van der Waals surface area contributed by atoms with Gasteiger partial charge in [-0.3, -0.25) is 0 Å². The van der Waals surface area contributed by atoms with Gasteiger partial charge in [-0.05, 0) is 40.5 Å². The Balaban J connectivity index is 1.76. The summed E-state index contributed by atoms with van der Waals surface area (Å²) in [6, 6.07) is 39.1. The van der Waals surface area contributed by atoms with Gasteiger partial charge in [0.15, 0.2) is 8.15 Å². The summed E-state index contributed by atoms with van der Waals surface area (Å²) >= 11 is 0. The van der Waals surface area contributed by atoms with Gasteiger partial charge in [0.2, 0.25) is 0 Å². The number of aliphatic hydroxyl groups excluding tert-OH is 1. The number of aliphatic hydroxyl groups is 1. The third kappa shape index (κ3) is 5.13. The zero-order valence-electron chi connectivity index (χ0n) is 20.8. The smallest absolute Gasteiger partial charge is 0.150 e. The highest BCUT2D eigenvalue weighted by Gasteiger charge is 2.24. The van der Waals surface area contributed by atoms with E-state index in [0.29, 0.717) is 5.75 Å². The lowest BCUT2D eigenvalue weighted by Gasteiger charge is -2.25. The summed E-state index contributed by atoms with van der Waals surface area (Å²) < 4.78 is 7.02. The lowest BCUT2D eigenvalue weighted by atomic mass is 9.89. The fourth-order valence-corrected chi connectivity index (χ4v) is 6.40. The Morgan fingerprint density at radius 3 is 2.05 bits per heavy atom. The molecule has 0 aliphatic heterocycles. The normalized spacial score (nSPS) is 11.3. The Bertz CT molecular complexity index is 1520. The van der Waals surface area contributed by atoms with E-state index >= 15 is 0 Å². The molecule has 0 aromatic heterocycles. The van der Waals surface area contributed by atoms with Crippen LogP contribution in [0.25, 0.3) is 22.4 Å². The average Bonchev–Trinajstić information content (AvgIpc) is 2.96. The first-order valence-corrected chi connectivity index (χ1v) is 13.6. The molecule has 0 spiro atoms. The zero-order valence-corrected chi connectivity index (χ0v) is 21.7. The van der Waals surface area contributed by atoms with E-state index in [1.165, 1.54) is 0 Å². The first-order valence-electron chi connectivity index (χ1n) is 12.4. The van der Waals surface area contributed by atoms with Crippen molar-refractivity contribution in [2.45, 2.75) is 13.5 Å². The maximum absolute atomic E-state index is 10.5. The standard InChI is InChI=1S/C34H29O2P/c1-3-14-26-15-10-12-21-31(26)25(2)33-32-22-13-11-16-27(32)23-28(24-35)34(33)36-37(29-17-6-4-7-18-29)30-19-8-5-9-20-30/h3-23,35H,2,24H2,1H3/b14-3-. The largest absolute Gasteiger partial charge is 0.463 e. The lowest BCUT2D eigenvalue weighted by molar-refractivity contribution is 0.279. The van der Waals surface area contributed by atoms with Gasteiger partial charge in [0.05, 0.1) is 6.61 Å². The maximum atomic E-state index is 10.5. The predicted octanol–water partition coefficient (Wildman–Crippen LogP) is 7.85. The second-order valence-electron chi connectivity index (χ2n) is 8.74. The van der Waals surface area contributed by atoms with E-state index in [1.54, 1.807) is 0 Å². The predicted molar refractivity (Wildman–Crippen MR) is 159 cm³/mol. The van der Waals surface area contributed by atoms with Gasteiger partial charge in [-0.1, -0.05) is 128 Å². The molecule has 0 aliphatic carbocycles. The molecule has 3 heteroatoms. The van der Waals surface area contributed by atoms with Gasteiger partial charge in [-0.15, -0.1) is 0 Å². The molecule has 0 amide bonds. The molecule has 0 aliphatic rings. The molecule has 0 heterocycles. The summed E-state index contributed by atoms with van der Waals surface area (Å²) in [6.45, 7) is 6.47. The van der Waals surface area contributed by atoms with Crippen molar-refractivity contribution in [2.24, 2.45) is 0 Å². The van der Waals surface area contributed by atoms with Crippen LogP contribution in [0.5, 0.6) is 5.75 Å². The fourth-order valence-electron chi connectivity index (χ4n) is 4.61. The number of rotatable bonds is 8. The molecule has 0 bridgehead atoms. The first-order chi connectivity index (χ1) is 18.2. The molecule has 182 valence electrons. The van der Waals surface area contributed by atoms with E-state index in [4.69, 9.17) is 4.52 Å². The van der Waals surface area contributed by atoms with Crippen LogP contribution in [0.3, 0.4) is 0 Å². The van der Waals surface area contributed by atoms with Crippen molar-refractivity contribution in [1.29, 1.82) is 0 Å². The minimum Gasteiger partial charge on any atom is -0.463 e. The molecule has 37 heavy (non-hydrogen) atoms. The number of hydrogen-bond acceptors (Lipinski definition) is 2. The highest BCUT2D eigenvalue weighted by atomic mass is 31.1. The highest BCUT2D eigenvalue weighted by molar-refractivity contribution is 7.68. The van der Waals surface area contributed by atoms with Crippen molar-refractivity contribution < 1.29 is 9.63 Å². The van der Waals surface area contributed by atoms with Crippen molar-refractivity contribution >= 4 is 41.2 Å². The zero-order chi connectivity index (χ0) is 25.6. The van der Waals surface area contributed by atoms with Gasteiger partial charge in [-0.2, -0.15) is 0 Å². The minimum atomic E-state index is -1.19. The van der Waals surface area contributed by atoms with E-state index < -0.39 is 8.15 Å². The van der Waals surface area contributed by atoms with E-state index in [0.717, 1.165) is 49.2 Å². The minimum absolute atomic E-state index is 0.135. The number of allylic oxidation sites excluding steroid dienone is 1. The van der Waals surface area contributed by atoms with Gasteiger partial charge >= 0.3 is 0 Å². The SMILES string of the molecule is C=C(c1ccccc1/C=C\C)c1c(OP(c2ccccc2)c2ccccc2)c(CO)cc2ccccc12. The molecule has 5 rings (SSSR count). The molecule has 5 aromatic rings. The van der Waals surface area contributed by atoms with Gasteiger partial charge < -0.3 is 9.63 Å². The summed E-state index contributed by atoms with van der Waals surface area (Å²) in [5.74, 6) is 0.681. The Hall–Kier alpha value is -3.97. The molecule has 0 atom stereocenters. The van der Waals surface area contributed by atoms with Gasteiger partial charge in [0.1, 0.15) is 5.75 Å². The molecule has 0 fully saturated rings. The maximum Gasteiger partial charge on any atom is 0.150 e. The van der Waals surface area contributed by atoms with E-state index in [9.17, 15) is 5.11 Å².